The lowest BCUT2D eigenvalue weighted by Gasteiger charge is -2.38. The number of aliphatic hydroxyl groups is 1. The van der Waals surface area contributed by atoms with Gasteiger partial charge < -0.3 is 14.3 Å². The van der Waals surface area contributed by atoms with Gasteiger partial charge in [-0.1, -0.05) is 20.8 Å². The quantitative estimate of drug-likeness (QED) is 0.599. The normalized spacial score (nSPS) is 27.9. The van der Waals surface area contributed by atoms with Gasteiger partial charge in [0.2, 0.25) is 0 Å². The molecule has 0 saturated carbocycles. The van der Waals surface area contributed by atoms with E-state index in [1.54, 1.807) is 0 Å². The molecule has 0 bridgehead atoms. The molecule has 0 aromatic rings. The molecule has 16 heavy (non-hydrogen) atoms. The zero-order valence-electron chi connectivity index (χ0n) is 11.4. The van der Waals surface area contributed by atoms with Crippen LogP contribution in [0.15, 0.2) is 0 Å². The molecule has 1 rings (SSSR count). The molecule has 4 heteroatoms. The van der Waals surface area contributed by atoms with Crippen molar-refractivity contribution < 1.29 is 14.3 Å². The molecule has 1 aliphatic heterocycles. The first-order valence-corrected chi connectivity index (χ1v) is 9.02. The van der Waals surface area contributed by atoms with Gasteiger partial charge in [0.25, 0.3) is 0 Å². The largest absolute Gasteiger partial charge is 0.414 e. The lowest BCUT2D eigenvalue weighted by Crippen LogP contribution is -2.43. The molecular weight excluding hydrogens is 220 g/mol. The second kappa shape index (κ2) is 4.76. The van der Waals surface area contributed by atoms with Gasteiger partial charge in [0.1, 0.15) is 6.10 Å². The number of hydrogen-bond acceptors (Lipinski definition) is 3. The number of ether oxygens (including phenoxy) is 1. The predicted octanol–water partition coefficient (Wildman–Crippen LogP) is 2.55. The van der Waals surface area contributed by atoms with Crippen LogP contribution in [-0.4, -0.2) is 38.3 Å². The summed E-state index contributed by atoms with van der Waals surface area (Å²) in [5, 5.41) is 9.15. The molecule has 0 aromatic carbocycles. The van der Waals surface area contributed by atoms with E-state index in [4.69, 9.17) is 14.3 Å². The first-order chi connectivity index (χ1) is 7.17. The van der Waals surface area contributed by atoms with Gasteiger partial charge in [-0.25, -0.2) is 0 Å². The lowest BCUT2D eigenvalue weighted by molar-refractivity contribution is 0.175. The minimum Gasteiger partial charge on any atom is -0.414 e. The SMILES string of the molecule is C[C@H](C[C@H]1O[C@@H]1CO)O[Si](C)(C)C(C)(C)C. The fourth-order valence-corrected chi connectivity index (χ4v) is 3.06. The molecule has 0 aromatic heterocycles. The van der Waals surface area contributed by atoms with Crippen LogP contribution in [0.25, 0.3) is 0 Å². The van der Waals surface area contributed by atoms with E-state index in [-0.39, 0.29) is 30.0 Å². The third-order valence-electron chi connectivity index (χ3n) is 3.73. The van der Waals surface area contributed by atoms with Crippen molar-refractivity contribution >= 4 is 8.32 Å². The van der Waals surface area contributed by atoms with Crippen LogP contribution in [0.5, 0.6) is 0 Å². The Morgan fingerprint density at radius 2 is 1.88 bits per heavy atom. The van der Waals surface area contributed by atoms with E-state index in [0.717, 1.165) is 6.42 Å². The Morgan fingerprint density at radius 1 is 1.31 bits per heavy atom. The van der Waals surface area contributed by atoms with Crippen LogP contribution >= 0.6 is 0 Å². The molecule has 3 atom stereocenters. The second-order valence-corrected chi connectivity index (χ2v) is 11.1. The molecule has 1 aliphatic rings. The Hall–Kier alpha value is 0.0969. The van der Waals surface area contributed by atoms with Gasteiger partial charge in [0, 0.05) is 12.5 Å². The summed E-state index contributed by atoms with van der Waals surface area (Å²) in [6.07, 6.45) is 1.40. The highest BCUT2D eigenvalue weighted by Crippen LogP contribution is 2.38. The highest BCUT2D eigenvalue weighted by molar-refractivity contribution is 6.74. The van der Waals surface area contributed by atoms with E-state index in [9.17, 15) is 0 Å². The smallest absolute Gasteiger partial charge is 0.192 e. The molecule has 0 aliphatic carbocycles. The van der Waals surface area contributed by atoms with E-state index < -0.39 is 8.32 Å². The van der Waals surface area contributed by atoms with Crippen LogP contribution in [0.4, 0.5) is 0 Å². The monoisotopic (exact) mass is 246 g/mol. The van der Waals surface area contributed by atoms with Crippen molar-refractivity contribution in [3.63, 3.8) is 0 Å². The zero-order valence-corrected chi connectivity index (χ0v) is 12.4. The molecule has 1 fully saturated rings. The van der Waals surface area contributed by atoms with Gasteiger partial charge >= 0.3 is 0 Å². The Morgan fingerprint density at radius 3 is 2.25 bits per heavy atom. The van der Waals surface area contributed by atoms with Gasteiger partial charge in [-0.05, 0) is 25.1 Å². The van der Waals surface area contributed by atoms with E-state index in [1.807, 2.05) is 0 Å². The Kier molecular flexibility index (Phi) is 4.22. The minimum atomic E-state index is -1.66. The molecule has 0 amide bonds. The van der Waals surface area contributed by atoms with Crippen LogP contribution < -0.4 is 0 Å². The maximum absolute atomic E-state index is 8.89. The molecule has 0 spiro atoms. The number of rotatable bonds is 5. The van der Waals surface area contributed by atoms with Crippen molar-refractivity contribution in [1.29, 1.82) is 0 Å². The summed E-state index contributed by atoms with van der Waals surface area (Å²) in [6.45, 7) is 13.5. The summed E-state index contributed by atoms with van der Waals surface area (Å²) >= 11 is 0. The van der Waals surface area contributed by atoms with Crippen LogP contribution in [0, 0.1) is 0 Å². The summed E-state index contributed by atoms with van der Waals surface area (Å²) in [6, 6.07) is 0. The minimum absolute atomic E-state index is 0.0606. The van der Waals surface area contributed by atoms with Crippen molar-refractivity contribution in [1.82, 2.24) is 0 Å². The van der Waals surface area contributed by atoms with Crippen molar-refractivity contribution in [2.45, 2.75) is 70.6 Å². The molecular formula is C12H26O3Si. The van der Waals surface area contributed by atoms with Crippen LogP contribution in [0.2, 0.25) is 18.1 Å². The third-order valence-corrected chi connectivity index (χ3v) is 8.34. The van der Waals surface area contributed by atoms with Crippen molar-refractivity contribution in [2.24, 2.45) is 0 Å². The zero-order chi connectivity index (χ0) is 12.6. The van der Waals surface area contributed by atoms with E-state index >= 15 is 0 Å². The summed E-state index contributed by atoms with van der Waals surface area (Å²) in [4.78, 5) is 0. The highest BCUT2D eigenvalue weighted by Gasteiger charge is 2.42. The summed E-state index contributed by atoms with van der Waals surface area (Å²) in [5.41, 5.74) is 0. The Balaban J connectivity index is 2.37. The van der Waals surface area contributed by atoms with Gasteiger partial charge in [-0.3, -0.25) is 0 Å². The standard InChI is InChI=1S/C12H26O3Si/c1-9(7-10-11(8-13)14-10)15-16(5,6)12(2,3)4/h9-11,13H,7-8H2,1-6H3/t9-,10-,11-/m1/s1. The average Bonchev–Trinajstić information content (AvgIpc) is 2.79. The van der Waals surface area contributed by atoms with E-state index in [0.29, 0.717) is 0 Å². The molecule has 3 nitrogen and oxygen atoms in total. The third kappa shape index (κ3) is 3.55. The van der Waals surface area contributed by atoms with Gasteiger partial charge in [-0.15, -0.1) is 0 Å². The molecule has 1 saturated heterocycles. The average molecular weight is 246 g/mol. The van der Waals surface area contributed by atoms with E-state index in [1.165, 1.54) is 0 Å². The van der Waals surface area contributed by atoms with Crippen molar-refractivity contribution in [3.05, 3.63) is 0 Å². The first kappa shape index (κ1) is 14.2. The highest BCUT2D eigenvalue weighted by atomic mass is 28.4. The first-order valence-electron chi connectivity index (χ1n) is 6.11. The molecule has 0 unspecified atom stereocenters. The van der Waals surface area contributed by atoms with Crippen LogP contribution in [-0.2, 0) is 9.16 Å². The summed E-state index contributed by atoms with van der Waals surface area (Å²) in [7, 11) is -1.66. The topological polar surface area (TPSA) is 42.0 Å². The van der Waals surface area contributed by atoms with Gasteiger partial charge in [-0.2, -0.15) is 0 Å². The fraction of sp³-hybridized carbons (Fsp3) is 1.00. The molecule has 1 N–H and O–H groups in total. The number of hydrogen-bond donors (Lipinski definition) is 1. The van der Waals surface area contributed by atoms with Crippen LogP contribution in [0.1, 0.15) is 34.1 Å². The molecule has 1 heterocycles. The lowest BCUT2D eigenvalue weighted by atomic mass is 10.2. The maximum Gasteiger partial charge on any atom is 0.192 e. The molecule has 0 radical (unpaired) electrons. The van der Waals surface area contributed by atoms with Crippen LogP contribution in [0.3, 0.4) is 0 Å². The fourth-order valence-electron chi connectivity index (χ4n) is 1.60. The van der Waals surface area contributed by atoms with Gasteiger partial charge in [0.05, 0.1) is 12.7 Å². The summed E-state index contributed by atoms with van der Waals surface area (Å²) < 4.78 is 11.5. The number of aliphatic hydroxyl groups excluding tert-OH is 1. The molecule has 96 valence electrons. The van der Waals surface area contributed by atoms with E-state index in [2.05, 4.69) is 40.8 Å². The Bertz CT molecular complexity index is 235. The summed E-state index contributed by atoms with van der Waals surface area (Å²) in [5.74, 6) is 0. The van der Waals surface area contributed by atoms with Gasteiger partial charge in [0.15, 0.2) is 8.32 Å². The predicted molar refractivity (Wildman–Crippen MR) is 68.1 cm³/mol. The maximum atomic E-state index is 8.89. The van der Waals surface area contributed by atoms with Crippen molar-refractivity contribution in [2.75, 3.05) is 6.61 Å². The Labute approximate surface area is 100 Å². The number of epoxide rings is 1. The van der Waals surface area contributed by atoms with Crippen molar-refractivity contribution in [3.8, 4) is 0 Å². The second-order valence-electron chi connectivity index (χ2n) is 6.32.